The molecule has 3 aliphatic rings. The van der Waals surface area contributed by atoms with Gasteiger partial charge in [0, 0.05) is 26.1 Å². The largest absolute Gasteiger partial charge is 0.465 e. The Labute approximate surface area is 167 Å². The van der Waals surface area contributed by atoms with Crippen LogP contribution >= 0.6 is 0 Å². The van der Waals surface area contributed by atoms with Gasteiger partial charge in [0.15, 0.2) is 8.32 Å². The van der Waals surface area contributed by atoms with Crippen LogP contribution < -0.4 is 5.32 Å². The average molecular weight is 416 g/mol. The maximum atomic E-state index is 13.6. The number of nitrogens with zero attached hydrogens (tertiary/aromatic N) is 2. The molecule has 0 radical (unpaired) electrons. The van der Waals surface area contributed by atoms with Gasteiger partial charge in [-0.25, -0.2) is 9.18 Å². The highest BCUT2D eigenvalue weighted by Crippen LogP contribution is 2.46. The summed E-state index contributed by atoms with van der Waals surface area (Å²) in [6.45, 7) is 11.9. The third kappa shape index (κ3) is 4.07. The molecule has 1 aliphatic carbocycles. The van der Waals surface area contributed by atoms with E-state index >= 15 is 0 Å². The standard InChI is InChI=1S/C19H34FN3O4Si/c1-18(2,3)28(4,5)27-11-14-10-23(17(25)26)19(6-7-19)12-22(14)16(24)15-8-13(20)9-21-15/h13-15,21H,6-12H2,1-5H3,(H,25,26)/t13-,14-,15-/m1/s1. The molecule has 1 saturated carbocycles. The van der Waals surface area contributed by atoms with Gasteiger partial charge in [0.25, 0.3) is 0 Å². The number of piperazine rings is 1. The zero-order valence-electron chi connectivity index (χ0n) is 17.6. The molecule has 2 heterocycles. The normalized spacial score (nSPS) is 30.0. The molecule has 0 aromatic carbocycles. The first-order valence-corrected chi connectivity index (χ1v) is 13.1. The van der Waals surface area contributed by atoms with Gasteiger partial charge < -0.3 is 19.7 Å². The molecule has 0 aromatic rings. The van der Waals surface area contributed by atoms with Crippen LogP contribution in [0.25, 0.3) is 0 Å². The van der Waals surface area contributed by atoms with Gasteiger partial charge in [-0.1, -0.05) is 20.8 Å². The summed E-state index contributed by atoms with van der Waals surface area (Å²) in [6.07, 6.45) is -0.234. The van der Waals surface area contributed by atoms with Crippen molar-refractivity contribution in [3.63, 3.8) is 0 Å². The van der Waals surface area contributed by atoms with E-state index in [2.05, 4.69) is 39.2 Å². The Morgan fingerprint density at radius 1 is 1.32 bits per heavy atom. The van der Waals surface area contributed by atoms with Crippen molar-refractivity contribution >= 4 is 20.3 Å². The number of hydrogen-bond acceptors (Lipinski definition) is 4. The van der Waals surface area contributed by atoms with Crippen LogP contribution in [0.1, 0.15) is 40.0 Å². The van der Waals surface area contributed by atoms with Crippen LogP contribution in [0.15, 0.2) is 0 Å². The molecule has 7 nitrogen and oxygen atoms in total. The van der Waals surface area contributed by atoms with E-state index in [1.54, 1.807) is 4.90 Å². The van der Waals surface area contributed by atoms with Gasteiger partial charge >= 0.3 is 6.09 Å². The fourth-order valence-electron chi connectivity index (χ4n) is 3.89. The zero-order valence-corrected chi connectivity index (χ0v) is 18.6. The fourth-order valence-corrected chi connectivity index (χ4v) is 4.93. The molecule has 160 valence electrons. The molecule has 2 N–H and O–H groups in total. The lowest BCUT2D eigenvalue weighted by Gasteiger charge is -2.47. The predicted octanol–water partition coefficient (Wildman–Crippen LogP) is 2.43. The van der Waals surface area contributed by atoms with Gasteiger partial charge in [0.05, 0.1) is 24.2 Å². The second-order valence-corrected chi connectivity index (χ2v) is 14.9. The SMILES string of the molecule is CC(C)(C)[Si](C)(C)OC[C@H]1CN(C(=O)O)C2(CC2)CN1C(=O)[C@H]1C[C@@H](F)CN1. The van der Waals surface area contributed by atoms with Crippen LogP contribution in [0.2, 0.25) is 18.1 Å². The van der Waals surface area contributed by atoms with Gasteiger partial charge in [-0.15, -0.1) is 0 Å². The Balaban J connectivity index is 1.78. The number of rotatable bonds is 4. The van der Waals surface area contributed by atoms with E-state index in [9.17, 15) is 19.1 Å². The molecule has 2 saturated heterocycles. The van der Waals surface area contributed by atoms with Crippen molar-refractivity contribution in [1.29, 1.82) is 0 Å². The lowest BCUT2D eigenvalue weighted by Crippen LogP contribution is -2.66. The van der Waals surface area contributed by atoms with E-state index in [0.717, 1.165) is 12.8 Å². The lowest BCUT2D eigenvalue weighted by atomic mass is 10.0. The fraction of sp³-hybridized carbons (Fsp3) is 0.895. The van der Waals surface area contributed by atoms with Gasteiger partial charge in [0.2, 0.25) is 5.91 Å². The summed E-state index contributed by atoms with van der Waals surface area (Å²) < 4.78 is 20.0. The Hall–Kier alpha value is -1.19. The molecular weight excluding hydrogens is 381 g/mol. The molecule has 3 rings (SSSR count). The molecular formula is C19H34FN3O4Si. The Kier molecular flexibility index (Phi) is 5.57. The van der Waals surface area contributed by atoms with Crippen LogP contribution in [0.5, 0.6) is 0 Å². The average Bonchev–Trinajstić information content (AvgIpc) is 3.21. The summed E-state index contributed by atoms with van der Waals surface area (Å²) in [4.78, 5) is 28.2. The minimum atomic E-state index is -2.04. The third-order valence-electron chi connectivity index (χ3n) is 7.03. The predicted molar refractivity (Wildman–Crippen MR) is 107 cm³/mol. The van der Waals surface area contributed by atoms with Crippen molar-refractivity contribution < 1.29 is 23.5 Å². The Morgan fingerprint density at radius 3 is 2.43 bits per heavy atom. The molecule has 0 bridgehead atoms. The number of carbonyl (C=O) groups is 2. The van der Waals surface area contributed by atoms with Gasteiger partial charge in [-0.05, 0) is 31.0 Å². The summed E-state index contributed by atoms with van der Waals surface area (Å²) in [5.74, 6) is -0.125. The Bertz CT molecular complexity index is 635. The molecule has 28 heavy (non-hydrogen) atoms. The first-order valence-electron chi connectivity index (χ1n) is 10.2. The third-order valence-corrected chi connectivity index (χ3v) is 11.5. The van der Waals surface area contributed by atoms with E-state index in [1.807, 2.05) is 0 Å². The summed E-state index contributed by atoms with van der Waals surface area (Å²) in [6, 6.07) is -0.873. The maximum absolute atomic E-state index is 13.6. The van der Waals surface area contributed by atoms with E-state index in [4.69, 9.17) is 4.43 Å². The van der Waals surface area contributed by atoms with Gasteiger partial charge in [0.1, 0.15) is 6.17 Å². The monoisotopic (exact) mass is 415 g/mol. The highest BCUT2D eigenvalue weighted by molar-refractivity contribution is 6.74. The van der Waals surface area contributed by atoms with Gasteiger partial charge in [-0.2, -0.15) is 0 Å². The molecule has 2 amide bonds. The molecule has 3 fully saturated rings. The molecule has 1 spiro atoms. The topological polar surface area (TPSA) is 82.1 Å². The first-order chi connectivity index (χ1) is 12.9. The quantitative estimate of drug-likeness (QED) is 0.689. The molecule has 9 heteroatoms. The number of halogens is 1. The molecule has 0 aromatic heterocycles. The number of alkyl halides is 1. The van der Waals surface area contributed by atoms with E-state index < -0.39 is 32.2 Å². The maximum Gasteiger partial charge on any atom is 0.407 e. The minimum absolute atomic E-state index is 0.0230. The summed E-state index contributed by atoms with van der Waals surface area (Å²) in [5.41, 5.74) is -0.470. The molecule has 2 aliphatic heterocycles. The van der Waals surface area contributed by atoms with Crippen LogP contribution in [-0.4, -0.2) is 85.3 Å². The highest BCUT2D eigenvalue weighted by Gasteiger charge is 2.57. The van der Waals surface area contributed by atoms with Crippen LogP contribution in [-0.2, 0) is 9.22 Å². The van der Waals surface area contributed by atoms with Crippen molar-refractivity contribution in [3.8, 4) is 0 Å². The van der Waals surface area contributed by atoms with Crippen LogP contribution in [0, 0.1) is 0 Å². The lowest BCUT2D eigenvalue weighted by molar-refractivity contribution is -0.141. The van der Waals surface area contributed by atoms with Crippen molar-refractivity contribution in [2.24, 2.45) is 0 Å². The van der Waals surface area contributed by atoms with Crippen LogP contribution in [0.3, 0.4) is 0 Å². The van der Waals surface area contributed by atoms with E-state index in [-0.39, 0.29) is 36.5 Å². The number of carboxylic acid groups (broad SMARTS) is 1. The second-order valence-electron chi connectivity index (χ2n) is 10.1. The molecule has 3 atom stereocenters. The summed E-state index contributed by atoms with van der Waals surface area (Å²) in [5, 5.41) is 12.7. The van der Waals surface area contributed by atoms with Crippen LogP contribution in [0.4, 0.5) is 9.18 Å². The zero-order chi connectivity index (χ0) is 20.9. The number of nitrogens with one attached hydrogen (secondary N) is 1. The summed E-state index contributed by atoms with van der Waals surface area (Å²) >= 11 is 0. The van der Waals surface area contributed by atoms with Crippen molar-refractivity contribution in [2.75, 3.05) is 26.2 Å². The van der Waals surface area contributed by atoms with E-state index in [1.165, 1.54) is 4.90 Å². The number of amides is 2. The highest BCUT2D eigenvalue weighted by atomic mass is 28.4. The second kappa shape index (κ2) is 7.25. The minimum Gasteiger partial charge on any atom is -0.465 e. The van der Waals surface area contributed by atoms with Crippen molar-refractivity contribution in [1.82, 2.24) is 15.1 Å². The Morgan fingerprint density at radius 2 is 1.96 bits per heavy atom. The number of carbonyl (C=O) groups excluding carboxylic acids is 1. The number of hydrogen-bond donors (Lipinski definition) is 2. The molecule has 0 unspecified atom stereocenters. The van der Waals surface area contributed by atoms with Crippen molar-refractivity contribution in [2.45, 2.75) is 82.0 Å². The smallest absolute Gasteiger partial charge is 0.407 e. The van der Waals surface area contributed by atoms with Gasteiger partial charge in [-0.3, -0.25) is 9.69 Å². The van der Waals surface area contributed by atoms with Crippen molar-refractivity contribution in [3.05, 3.63) is 0 Å². The first kappa shape index (κ1) is 21.5. The summed E-state index contributed by atoms with van der Waals surface area (Å²) in [7, 11) is -2.04. The van der Waals surface area contributed by atoms with E-state index in [0.29, 0.717) is 13.2 Å².